The molecule has 1 aliphatic rings. The van der Waals surface area contributed by atoms with Crippen LogP contribution >= 0.6 is 0 Å². The van der Waals surface area contributed by atoms with Gasteiger partial charge < -0.3 is 24.8 Å². The van der Waals surface area contributed by atoms with Crippen LogP contribution in [0.15, 0.2) is 67.0 Å². The molecule has 2 amide bonds. The fourth-order valence-electron chi connectivity index (χ4n) is 5.65. The van der Waals surface area contributed by atoms with Crippen molar-refractivity contribution in [2.75, 3.05) is 38.7 Å². The van der Waals surface area contributed by atoms with Crippen LogP contribution in [0, 0.1) is 5.92 Å². The van der Waals surface area contributed by atoms with Crippen molar-refractivity contribution in [2.24, 2.45) is 5.92 Å². The van der Waals surface area contributed by atoms with E-state index in [0.29, 0.717) is 36.7 Å². The predicted molar refractivity (Wildman–Crippen MR) is 177 cm³/mol. The Balaban J connectivity index is 1.58. The summed E-state index contributed by atoms with van der Waals surface area (Å²) in [5, 5.41) is 13.0. The summed E-state index contributed by atoms with van der Waals surface area (Å²) in [6.07, 6.45) is 0.489. The highest BCUT2D eigenvalue weighted by atomic mass is 19.4. The molecule has 260 valence electrons. The summed E-state index contributed by atoms with van der Waals surface area (Å²) in [4.78, 5) is 34.8. The molecule has 0 saturated carbocycles. The van der Waals surface area contributed by atoms with Crippen LogP contribution < -0.4 is 10.1 Å². The number of nitrogens with zero attached hydrogens (tertiary/aromatic N) is 3. The Morgan fingerprint density at radius 3 is 2.48 bits per heavy atom. The number of halogens is 3. The highest BCUT2D eigenvalue weighted by Crippen LogP contribution is 2.30. The number of aromatic nitrogens is 1. The van der Waals surface area contributed by atoms with Crippen molar-refractivity contribution in [3.8, 4) is 5.75 Å². The number of nitrogens with one attached hydrogen (secondary N) is 1. The van der Waals surface area contributed by atoms with Gasteiger partial charge in [-0.2, -0.15) is 13.2 Å². The van der Waals surface area contributed by atoms with E-state index in [1.165, 1.54) is 24.5 Å². The van der Waals surface area contributed by atoms with Gasteiger partial charge in [0.1, 0.15) is 5.75 Å². The summed E-state index contributed by atoms with van der Waals surface area (Å²) in [5.41, 5.74) is 1.14. The molecule has 9 nitrogen and oxygen atoms in total. The molecule has 1 aromatic heterocycles. The largest absolute Gasteiger partial charge is 0.490 e. The molecule has 12 heteroatoms. The Kier molecular flexibility index (Phi) is 13.0. The molecule has 1 aliphatic heterocycles. The van der Waals surface area contributed by atoms with E-state index < -0.39 is 17.8 Å². The second kappa shape index (κ2) is 16.9. The molecule has 4 rings (SSSR count). The Hall–Kier alpha value is -4.00. The normalized spacial score (nSPS) is 20.4. The molecule has 0 fully saturated rings. The lowest BCUT2D eigenvalue weighted by atomic mass is 10.0. The first-order valence-corrected chi connectivity index (χ1v) is 16.3. The number of hydrogen-bond donors (Lipinski definition) is 2. The van der Waals surface area contributed by atoms with Crippen LogP contribution in [-0.4, -0.2) is 83.3 Å². The quantitative estimate of drug-likeness (QED) is 0.291. The second-order valence-electron chi connectivity index (χ2n) is 12.6. The molecule has 0 radical (unpaired) electrons. The Morgan fingerprint density at radius 2 is 1.81 bits per heavy atom. The number of likely N-dealkylation sites (N-methyl/N-ethyl adjacent to an activating group) is 1. The Bertz CT molecular complexity index is 1490. The van der Waals surface area contributed by atoms with E-state index in [9.17, 15) is 27.9 Å². The third-order valence-electron chi connectivity index (χ3n) is 8.48. The van der Waals surface area contributed by atoms with Crippen molar-refractivity contribution in [1.29, 1.82) is 0 Å². The molecule has 4 atom stereocenters. The van der Waals surface area contributed by atoms with Crippen molar-refractivity contribution in [1.82, 2.24) is 14.8 Å². The maximum absolute atomic E-state index is 14.3. The second-order valence-corrected chi connectivity index (χ2v) is 12.6. The summed E-state index contributed by atoms with van der Waals surface area (Å²) in [7, 11) is 1.88. The SMILES string of the molecule is C[C@@H]1CN([C@H](C)CO)C(=O)c2cc(NC(=O)c3ccncc3)ccc2O[C@@H](C)CCCCO[C@@H]1CN(C)Cc1ccc(C(F)(F)F)cc1. The molecule has 2 aromatic carbocycles. The molecule has 0 saturated heterocycles. The number of ether oxygens (including phenoxy) is 2. The number of aliphatic hydroxyl groups excluding tert-OH is 1. The van der Waals surface area contributed by atoms with Crippen LogP contribution in [0.2, 0.25) is 0 Å². The average molecular weight is 671 g/mol. The van der Waals surface area contributed by atoms with Gasteiger partial charge in [0.05, 0.1) is 36.0 Å². The van der Waals surface area contributed by atoms with Gasteiger partial charge in [-0.25, -0.2) is 0 Å². The van der Waals surface area contributed by atoms with Crippen LogP contribution in [0.25, 0.3) is 0 Å². The van der Waals surface area contributed by atoms with Gasteiger partial charge in [-0.3, -0.25) is 19.5 Å². The van der Waals surface area contributed by atoms with E-state index in [4.69, 9.17) is 9.47 Å². The maximum Gasteiger partial charge on any atom is 0.416 e. The zero-order valence-corrected chi connectivity index (χ0v) is 27.9. The van der Waals surface area contributed by atoms with E-state index in [1.54, 1.807) is 42.2 Å². The molecule has 3 aromatic rings. The number of aliphatic hydroxyl groups is 1. The number of fused-ring (bicyclic) bond motifs is 1. The van der Waals surface area contributed by atoms with Crippen LogP contribution in [0.5, 0.6) is 5.75 Å². The van der Waals surface area contributed by atoms with E-state index in [1.807, 2.05) is 25.8 Å². The molecule has 0 bridgehead atoms. The lowest BCUT2D eigenvalue weighted by Crippen LogP contribution is -2.47. The number of pyridine rings is 1. The molecular weight excluding hydrogens is 625 g/mol. The smallest absolute Gasteiger partial charge is 0.416 e. The van der Waals surface area contributed by atoms with Crippen LogP contribution in [0.1, 0.15) is 71.9 Å². The first kappa shape index (κ1) is 36.8. The van der Waals surface area contributed by atoms with Crippen molar-refractivity contribution < 1.29 is 37.3 Å². The lowest BCUT2D eigenvalue weighted by molar-refractivity contribution is -0.137. The van der Waals surface area contributed by atoms with Gasteiger partial charge in [0, 0.05) is 55.8 Å². The summed E-state index contributed by atoms with van der Waals surface area (Å²) in [6, 6.07) is 12.8. The van der Waals surface area contributed by atoms with E-state index in [2.05, 4.69) is 10.3 Å². The monoisotopic (exact) mass is 670 g/mol. The van der Waals surface area contributed by atoms with Gasteiger partial charge in [-0.05, 0) is 88.2 Å². The van der Waals surface area contributed by atoms with Crippen LogP contribution in [0.4, 0.5) is 18.9 Å². The summed E-state index contributed by atoms with van der Waals surface area (Å²) in [6.45, 7) is 7.04. The number of benzene rings is 2. The number of rotatable bonds is 8. The minimum Gasteiger partial charge on any atom is -0.490 e. The Morgan fingerprint density at radius 1 is 1.10 bits per heavy atom. The summed E-state index contributed by atoms with van der Waals surface area (Å²) < 4.78 is 51.8. The van der Waals surface area contributed by atoms with Crippen LogP contribution in [0.3, 0.4) is 0 Å². The third-order valence-corrected chi connectivity index (χ3v) is 8.48. The zero-order chi connectivity index (χ0) is 34.8. The highest BCUT2D eigenvalue weighted by Gasteiger charge is 2.32. The van der Waals surface area contributed by atoms with E-state index in [0.717, 1.165) is 37.0 Å². The fraction of sp³-hybridized carbons (Fsp3) is 0.472. The molecular formula is C36H45F3N4O5. The maximum atomic E-state index is 14.3. The van der Waals surface area contributed by atoms with Gasteiger partial charge in [0.15, 0.2) is 0 Å². The molecule has 0 spiro atoms. The molecule has 0 aliphatic carbocycles. The van der Waals surface area contributed by atoms with Crippen molar-refractivity contribution in [3.05, 3.63) is 89.2 Å². The van der Waals surface area contributed by atoms with Gasteiger partial charge in [0.25, 0.3) is 11.8 Å². The zero-order valence-electron chi connectivity index (χ0n) is 27.9. The molecule has 48 heavy (non-hydrogen) atoms. The average Bonchev–Trinajstić information content (AvgIpc) is 3.06. The third kappa shape index (κ3) is 10.2. The van der Waals surface area contributed by atoms with Gasteiger partial charge in [-0.15, -0.1) is 0 Å². The first-order valence-electron chi connectivity index (χ1n) is 16.3. The lowest BCUT2D eigenvalue weighted by Gasteiger charge is -2.36. The van der Waals surface area contributed by atoms with Crippen LogP contribution in [-0.2, 0) is 17.5 Å². The Labute approximate surface area is 280 Å². The molecule has 2 N–H and O–H groups in total. The van der Waals surface area contributed by atoms with E-state index in [-0.39, 0.29) is 48.7 Å². The van der Waals surface area contributed by atoms with E-state index >= 15 is 0 Å². The number of hydrogen-bond acceptors (Lipinski definition) is 7. The van der Waals surface area contributed by atoms with Crippen molar-refractivity contribution in [2.45, 2.75) is 71.0 Å². The van der Waals surface area contributed by atoms with Gasteiger partial charge in [0.2, 0.25) is 0 Å². The number of anilines is 1. The number of carbonyl (C=O) groups excluding carboxylic acids is 2. The predicted octanol–water partition coefficient (Wildman–Crippen LogP) is 6.28. The van der Waals surface area contributed by atoms with Crippen molar-refractivity contribution in [3.63, 3.8) is 0 Å². The summed E-state index contributed by atoms with van der Waals surface area (Å²) in [5.74, 6) is -0.508. The van der Waals surface area contributed by atoms with Gasteiger partial charge >= 0.3 is 6.18 Å². The molecule has 0 unspecified atom stereocenters. The fourth-order valence-corrected chi connectivity index (χ4v) is 5.65. The molecule has 2 heterocycles. The standard InChI is InChI=1S/C36H45F3N4O5/c1-24-20-43(25(2)23-44)35(46)31-19-30(41-34(45)28-14-16-40-17-15-28)12-13-32(31)48-26(3)7-5-6-18-47-33(24)22-42(4)21-27-8-10-29(11-9-27)36(37,38)39/h8-17,19,24-26,33,44H,5-7,18,20-23H2,1-4H3,(H,41,45)/t24-,25-,26+,33-/m1/s1. The van der Waals surface area contributed by atoms with Crippen molar-refractivity contribution >= 4 is 17.5 Å². The number of amides is 2. The number of alkyl halides is 3. The van der Waals surface area contributed by atoms with Gasteiger partial charge in [-0.1, -0.05) is 19.1 Å². The minimum atomic E-state index is -4.39. The minimum absolute atomic E-state index is 0.182. The number of carbonyl (C=O) groups is 2. The first-order chi connectivity index (χ1) is 22.8. The topological polar surface area (TPSA) is 104 Å². The highest BCUT2D eigenvalue weighted by molar-refractivity contribution is 6.05. The summed E-state index contributed by atoms with van der Waals surface area (Å²) >= 11 is 0.